The van der Waals surface area contributed by atoms with Crippen molar-refractivity contribution in [3.63, 3.8) is 0 Å². The van der Waals surface area contributed by atoms with E-state index in [1.165, 1.54) is 5.56 Å². The lowest BCUT2D eigenvalue weighted by molar-refractivity contribution is -0.138. The Morgan fingerprint density at radius 2 is 1.66 bits per heavy atom. The summed E-state index contributed by atoms with van der Waals surface area (Å²) in [6.45, 7) is 5.88. The molecule has 168 valence electrons. The minimum Gasteiger partial charge on any atom is -0.388 e. The number of hydrogen-bond donors (Lipinski definition) is 1. The fourth-order valence-corrected chi connectivity index (χ4v) is 4.63. The minimum absolute atomic E-state index is 0.0692. The first-order chi connectivity index (χ1) is 15.5. The van der Waals surface area contributed by atoms with Gasteiger partial charge in [0.1, 0.15) is 6.67 Å². The second-order valence-corrected chi connectivity index (χ2v) is 9.06. The highest BCUT2D eigenvalue weighted by atomic mass is 16.3. The minimum atomic E-state index is -0.827. The molecule has 0 spiro atoms. The van der Waals surface area contributed by atoms with Gasteiger partial charge in [-0.05, 0) is 42.9 Å². The maximum absolute atomic E-state index is 12.8. The molecule has 0 bridgehead atoms. The first kappa shape index (κ1) is 22.3. The average Bonchev–Trinajstić information content (AvgIpc) is 2.85. The number of amides is 1. The van der Waals surface area contributed by atoms with Gasteiger partial charge in [0.25, 0.3) is 0 Å². The molecule has 5 heteroatoms. The lowest BCUT2D eigenvalue weighted by atomic mass is 9.84. The van der Waals surface area contributed by atoms with Gasteiger partial charge in [0.2, 0.25) is 5.91 Å². The second-order valence-electron chi connectivity index (χ2n) is 9.06. The number of nitrogens with zero attached hydrogens (tertiary/aromatic N) is 3. The third-order valence-electron chi connectivity index (χ3n) is 7.00. The van der Waals surface area contributed by atoms with Gasteiger partial charge < -0.3 is 14.9 Å². The Kier molecular flexibility index (Phi) is 6.75. The van der Waals surface area contributed by atoms with Gasteiger partial charge in [0.15, 0.2) is 0 Å². The molecule has 0 saturated carbocycles. The zero-order chi connectivity index (χ0) is 22.6. The highest BCUT2D eigenvalue weighted by Gasteiger charge is 2.40. The molecular weight excluding hydrogens is 398 g/mol. The molecule has 1 fully saturated rings. The van der Waals surface area contributed by atoms with E-state index in [4.69, 9.17) is 4.99 Å². The van der Waals surface area contributed by atoms with Crippen LogP contribution in [0.4, 0.5) is 0 Å². The highest BCUT2D eigenvalue weighted by Crippen LogP contribution is 2.31. The fraction of sp³-hybridized carbons (Fsp3) is 0.407. The molecule has 1 amide bonds. The molecule has 4 rings (SSSR count). The molecule has 0 radical (unpaired) electrons. The molecule has 32 heavy (non-hydrogen) atoms. The van der Waals surface area contributed by atoms with Gasteiger partial charge in [-0.1, -0.05) is 67.6 Å². The Labute approximate surface area is 191 Å². The number of hydrogen-bond acceptors (Lipinski definition) is 4. The SMILES string of the molecule is CC(CC(=O)N1CCC(O)(C(C)N2C=CC(c3ccccc3)=NC2)CC1)c1ccccc1. The predicted octanol–water partition coefficient (Wildman–Crippen LogP) is 4.20. The van der Waals surface area contributed by atoms with Crippen molar-refractivity contribution in [1.82, 2.24) is 9.80 Å². The number of carbonyl (C=O) groups is 1. The van der Waals surface area contributed by atoms with Gasteiger partial charge in [-0.3, -0.25) is 9.79 Å². The molecule has 2 aliphatic rings. The zero-order valence-corrected chi connectivity index (χ0v) is 19.0. The van der Waals surface area contributed by atoms with E-state index in [0.29, 0.717) is 39.0 Å². The number of aliphatic hydroxyl groups is 1. The van der Waals surface area contributed by atoms with E-state index in [0.717, 1.165) is 11.3 Å². The van der Waals surface area contributed by atoms with Gasteiger partial charge in [-0.2, -0.15) is 0 Å². The van der Waals surface area contributed by atoms with Crippen LogP contribution < -0.4 is 0 Å². The first-order valence-corrected chi connectivity index (χ1v) is 11.6. The number of aliphatic imine (C=N–C) groups is 1. The van der Waals surface area contributed by atoms with Crippen LogP contribution in [0.25, 0.3) is 0 Å². The van der Waals surface area contributed by atoms with Crippen molar-refractivity contribution in [3.8, 4) is 0 Å². The van der Waals surface area contributed by atoms with E-state index < -0.39 is 5.60 Å². The Balaban J connectivity index is 1.30. The third kappa shape index (κ3) is 4.94. The van der Waals surface area contributed by atoms with Crippen molar-refractivity contribution in [2.24, 2.45) is 4.99 Å². The summed E-state index contributed by atoms with van der Waals surface area (Å²) in [6.07, 6.45) is 5.72. The molecule has 2 aromatic carbocycles. The largest absolute Gasteiger partial charge is 0.388 e. The molecule has 1 saturated heterocycles. The van der Waals surface area contributed by atoms with E-state index in [1.54, 1.807) is 0 Å². The molecule has 1 N–H and O–H groups in total. The first-order valence-electron chi connectivity index (χ1n) is 11.6. The van der Waals surface area contributed by atoms with Crippen LogP contribution in [-0.2, 0) is 4.79 Å². The van der Waals surface area contributed by atoms with Crippen molar-refractivity contribution < 1.29 is 9.90 Å². The molecule has 2 atom stereocenters. The molecular formula is C27H33N3O2. The summed E-state index contributed by atoms with van der Waals surface area (Å²) >= 11 is 0. The molecule has 2 heterocycles. The van der Waals surface area contributed by atoms with Crippen molar-refractivity contribution in [2.45, 2.75) is 50.7 Å². The number of allylic oxidation sites excluding steroid dienone is 1. The monoisotopic (exact) mass is 431 g/mol. The van der Waals surface area contributed by atoms with E-state index in [1.807, 2.05) is 53.6 Å². The van der Waals surface area contributed by atoms with Crippen molar-refractivity contribution in [2.75, 3.05) is 19.8 Å². The molecule has 5 nitrogen and oxygen atoms in total. The summed E-state index contributed by atoms with van der Waals surface area (Å²) < 4.78 is 0. The Morgan fingerprint density at radius 3 is 2.25 bits per heavy atom. The van der Waals surface area contributed by atoms with Crippen LogP contribution in [0.5, 0.6) is 0 Å². The van der Waals surface area contributed by atoms with Crippen LogP contribution in [0.3, 0.4) is 0 Å². The van der Waals surface area contributed by atoms with Crippen LogP contribution in [0.2, 0.25) is 0 Å². The van der Waals surface area contributed by atoms with Crippen LogP contribution >= 0.6 is 0 Å². The van der Waals surface area contributed by atoms with Crippen molar-refractivity contribution in [1.29, 1.82) is 0 Å². The zero-order valence-electron chi connectivity index (χ0n) is 19.0. The van der Waals surface area contributed by atoms with Gasteiger partial charge >= 0.3 is 0 Å². The molecule has 0 aromatic heterocycles. The molecule has 2 unspecified atom stereocenters. The van der Waals surface area contributed by atoms with Gasteiger partial charge in [0, 0.05) is 25.7 Å². The maximum atomic E-state index is 12.8. The van der Waals surface area contributed by atoms with E-state index in [9.17, 15) is 9.90 Å². The summed E-state index contributed by atoms with van der Waals surface area (Å²) in [5.74, 6) is 0.365. The summed E-state index contributed by atoms with van der Waals surface area (Å²) in [5.41, 5.74) is 2.43. The normalized spacial score (nSPS) is 19.9. The summed E-state index contributed by atoms with van der Waals surface area (Å²) in [6, 6.07) is 20.2. The maximum Gasteiger partial charge on any atom is 0.223 e. The van der Waals surface area contributed by atoms with Gasteiger partial charge in [-0.15, -0.1) is 0 Å². The number of likely N-dealkylation sites (tertiary alicyclic amines) is 1. The molecule has 2 aliphatic heterocycles. The van der Waals surface area contributed by atoms with Crippen LogP contribution in [-0.4, -0.2) is 57.9 Å². The summed E-state index contributed by atoms with van der Waals surface area (Å²) in [7, 11) is 0. The third-order valence-corrected chi connectivity index (χ3v) is 7.00. The highest BCUT2D eigenvalue weighted by molar-refractivity contribution is 6.08. The number of rotatable bonds is 6. The lowest BCUT2D eigenvalue weighted by Gasteiger charge is -2.45. The number of benzene rings is 2. The van der Waals surface area contributed by atoms with Crippen LogP contribution in [0, 0.1) is 0 Å². The van der Waals surface area contributed by atoms with Crippen molar-refractivity contribution in [3.05, 3.63) is 84.1 Å². The number of piperidine rings is 1. The quantitative estimate of drug-likeness (QED) is 0.746. The van der Waals surface area contributed by atoms with Crippen LogP contribution in [0.1, 0.15) is 50.2 Å². The van der Waals surface area contributed by atoms with E-state index in [2.05, 4.69) is 43.0 Å². The molecule has 0 aliphatic carbocycles. The van der Waals surface area contributed by atoms with Gasteiger partial charge in [-0.25, -0.2) is 0 Å². The summed E-state index contributed by atoms with van der Waals surface area (Å²) in [5, 5.41) is 11.4. The second kappa shape index (κ2) is 9.70. The predicted molar refractivity (Wildman–Crippen MR) is 129 cm³/mol. The smallest absolute Gasteiger partial charge is 0.223 e. The topological polar surface area (TPSA) is 56.1 Å². The summed E-state index contributed by atoms with van der Waals surface area (Å²) in [4.78, 5) is 21.6. The Bertz CT molecular complexity index is 963. The number of carbonyl (C=O) groups excluding carboxylic acids is 1. The lowest BCUT2D eigenvalue weighted by Crippen LogP contribution is -2.56. The van der Waals surface area contributed by atoms with E-state index in [-0.39, 0.29) is 17.9 Å². The van der Waals surface area contributed by atoms with E-state index >= 15 is 0 Å². The van der Waals surface area contributed by atoms with Gasteiger partial charge in [0.05, 0.1) is 17.4 Å². The van der Waals surface area contributed by atoms with Crippen molar-refractivity contribution >= 4 is 11.6 Å². The fourth-order valence-electron chi connectivity index (χ4n) is 4.63. The molecule has 2 aromatic rings. The Hall–Kier alpha value is -2.92. The average molecular weight is 432 g/mol. The van der Waals surface area contributed by atoms with Crippen LogP contribution in [0.15, 0.2) is 77.9 Å². The standard InChI is InChI=1S/C27H33N3O2/c1-21(23-9-5-3-6-10-23)19-26(31)29-17-14-27(32,15-18-29)22(2)30-16-13-25(28-20-30)24-11-7-4-8-12-24/h3-13,16,21-22,32H,14-15,17-20H2,1-2H3. The Morgan fingerprint density at radius 1 is 1.03 bits per heavy atom.